The number of amides is 2. The maximum absolute atomic E-state index is 11.9. The molecule has 0 spiro atoms. The molecule has 0 radical (unpaired) electrons. The topological polar surface area (TPSA) is 75.4 Å². The van der Waals surface area contributed by atoms with Crippen LogP contribution in [0.2, 0.25) is 0 Å². The number of carbonyl (C=O) groups excluding carboxylic acids is 2. The molecule has 1 heterocycles. The molecule has 1 saturated heterocycles. The number of nitrogens with one attached hydrogen (secondary N) is 1. The number of nitrogens with zero attached hydrogens (tertiary/aromatic N) is 1. The van der Waals surface area contributed by atoms with Gasteiger partial charge in [0, 0.05) is 12.5 Å². The van der Waals surface area contributed by atoms with Crippen molar-refractivity contribution < 1.29 is 9.59 Å². The van der Waals surface area contributed by atoms with Gasteiger partial charge in [0.25, 0.3) is 0 Å². The molecule has 2 amide bonds. The number of rotatable bonds is 7. The van der Waals surface area contributed by atoms with Crippen molar-refractivity contribution in [2.45, 2.75) is 39.0 Å². The van der Waals surface area contributed by atoms with E-state index in [1.807, 2.05) is 4.90 Å². The molecule has 0 aromatic rings. The van der Waals surface area contributed by atoms with Crippen molar-refractivity contribution in [1.82, 2.24) is 10.2 Å². The van der Waals surface area contributed by atoms with Crippen LogP contribution in [0.15, 0.2) is 0 Å². The van der Waals surface area contributed by atoms with Crippen molar-refractivity contribution in [2.24, 2.45) is 11.7 Å². The highest BCUT2D eigenvalue weighted by Gasteiger charge is 2.24. The molecule has 18 heavy (non-hydrogen) atoms. The Kier molecular flexibility index (Phi) is 6.72. The highest BCUT2D eigenvalue weighted by Crippen LogP contribution is 2.16. The van der Waals surface area contributed by atoms with Crippen molar-refractivity contribution in [3.63, 3.8) is 0 Å². The minimum atomic E-state index is -0.294. The lowest BCUT2D eigenvalue weighted by molar-refractivity contribution is -0.126. The summed E-state index contributed by atoms with van der Waals surface area (Å²) >= 11 is 0. The van der Waals surface area contributed by atoms with Crippen LogP contribution in [0, 0.1) is 5.92 Å². The molecular formula is C13H25N3O2. The maximum Gasteiger partial charge on any atom is 0.231 e. The molecule has 1 fully saturated rings. The zero-order valence-corrected chi connectivity index (χ0v) is 11.3. The minimum Gasteiger partial charge on any atom is -0.369 e. The van der Waals surface area contributed by atoms with Gasteiger partial charge in [-0.2, -0.15) is 0 Å². The Morgan fingerprint density at radius 3 is 2.50 bits per heavy atom. The molecule has 0 aliphatic carbocycles. The molecule has 0 atom stereocenters. The summed E-state index contributed by atoms with van der Waals surface area (Å²) < 4.78 is 0. The number of piperidine rings is 1. The van der Waals surface area contributed by atoms with Crippen molar-refractivity contribution in [3.8, 4) is 0 Å². The van der Waals surface area contributed by atoms with Crippen LogP contribution in [0.1, 0.15) is 39.0 Å². The summed E-state index contributed by atoms with van der Waals surface area (Å²) in [4.78, 5) is 24.7. The van der Waals surface area contributed by atoms with Gasteiger partial charge < -0.3 is 11.1 Å². The van der Waals surface area contributed by atoms with Gasteiger partial charge in [-0.3, -0.25) is 14.5 Å². The van der Waals surface area contributed by atoms with Gasteiger partial charge in [-0.1, -0.05) is 19.8 Å². The van der Waals surface area contributed by atoms with Crippen LogP contribution in [0.3, 0.4) is 0 Å². The van der Waals surface area contributed by atoms with E-state index in [4.69, 9.17) is 5.73 Å². The van der Waals surface area contributed by atoms with E-state index in [9.17, 15) is 9.59 Å². The van der Waals surface area contributed by atoms with Crippen LogP contribution in [-0.4, -0.2) is 42.9 Å². The van der Waals surface area contributed by atoms with E-state index in [1.54, 1.807) is 0 Å². The average molecular weight is 255 g/mol. The second-order valence-electron chi connectivity index (χ2n) is 5.01. The molecule has 0 aromatic carbocycles. The minimum absolute atomic E-state index is 0.107. The standard InChI is InChI=1S/C13H25N3O2/c1-2-3-4-7-15-13(18)11-5-8-16(9-6-11)10-12(14)17/h11H,2-10H2,1H3,(H2,14,17)(H,15,18). The normalized spacial score (nSPS) is 17.6. The molecule has 5 heteroatoms. The fourth-order valence-electron chi connectivity index (χ4n) is 2.30. The lowest BCUT2D eigenvalue weighted by Gasteiger charge is -2.30. The molecular weight excluding hydrogens is 230 g/mol. The first kappa shape index (κ1) is 15.0. The second-order valence-corrected chi connectivity index (χ2v) is 5.01. The third kappa shape index (κ3) is 5.49. The quantitative estimate of drug-likeness (QED) is 0.650. The van der Waals surface area contributed by atoms with Gasteiger partial charge in [0.05, 0.1) is 6.54 Å². The Bertz CT molecular complexity index is 273. The highest BCUT2D eigenvalue weighted by molar-refractivity contribution is 5.79. The van der Waals surface area contributed by atoms with Crippen LogP contribution in [-0.2, 0) is 9.59 Å². The predicted molar refractivity (Wildman–Crippen MR) is 70.9 cm³/mol. The second kappa shape index (κ2) is 8.08. The number of primary amides is 1. The fourth-order valence-corrected chi connectivity index (χ4v) is 2.30. The molecule has 0 unspecified atom stereocenters. The molecule has 0 saturated carbocycles. The summed E-state index contributed by atoms with van der Waals surface area (Å²) in [6, 6.07) is 0. The number of unbranched alkanes of at least 4 members (excludes halogenated alkanes) is 2. The Morgan fingerprint density at radius 2 is 1.94 bits per heavy atom. The first-order valence-corrected chi connectivity index (χ1v) is 6.91. The van der Waals surface area contributed by atoms with Crippen LogP contribution in [0.5, 0.6) is 0 Å². The van der Waals surface area contributed by atoms with E-state index in [-0.39, 0.29) is 17.7 Å². The third-order valence-electron chi connectivity index (χ3n) is 3.42. The van der Waals surface area contributed by atoms with Gasteiger partial charge >= 0.3 is 0 Å². The van der Waals surface area contributed by atoms with Crippen molar-refractivity contribution in [2.75, 3.05) is 26.2 Å². The summed E-state index contributed by atoms with van der Waals surface area (Å²) in [5, 5.41) is 2.99. The lowest BCUT2D eigenvalue weighted by Crippen LogP contribution is -2.43. The average Bonchev–Trinajstić information content (AvgIpc) is 2.34. The van der Waals surface area contributed by atoms with Crippen LogP contribution >= 0.6 is 0 Å². The number of hydrogen-bond acceptors (Lipinski definition) is 3. The monoisotopic (exact) mass is 255 g/mol. The first-order chi connectivity index (χ1) is 8.63. The van der Waals surface area contributed by atoms with Crippen LogP contribution in [0.25, 0.3) is 0 Å². The largest absolute Gasteiger partial charge is 0.369 e. The Morgan fingerprint density at radius 1 is 1.28 bits per heavy atom. The van der Waals surface area contributed by atoms with Gasteiger partial charge in [-0.25, -0.2) is 0 Å². The molecule has 104 valence electrons. The molecule has 1 aliphatic heterocycles. The van der Waals surface area contributed by atoms with Crippen molar-refractivity contribution >= 4 is 11.8 Å². The number of nitrogens with two attached hydrogens (primary N) is 1. The summed E-state index contributed by atoms with van der Waals surface area (Å²) in [7, 11) is 0. The van der Waals surface area contributed by atoms with E-state index >= 15 is 0 Å². The van der Waals surface area contributed by atoms with E-state index < -0.39 is 0 Å². The smallest absolute Gasteiger partial charge is 0.231 e. The number of likely N-dealkylation sites (tertiary alicyclic amines) is 1. The van der Waals surface area contributed by atoms with Crippen LogP contribution in [0.4, 0.5) is 0 Å². The van der Waals surface area contributed by atoms with Crippen molar-refractivity contribution in [3.05, 3.63) is 0 Å². The molecule has 0 bridgehead atoms. The molecule has 1 rings (SSSR count). The van der Waals surface area contributed by atoms with Gasteiger partial charge in [-0.15, -0.1) is 0 Å². The molecule has 0 aromatic heterocycles. The van der Waals surface area contributed by atoms with E-state index in [0.717, 1.165) is 45.3 Å². The van der Waals surface area contributed by atoms with E-state index in [0.29, 0.717) is 6.54 Å². The third-order valence-corrected chi connectivity index (χ3v) is 3.42. The summed E-state index contributed by atoms with van der Waals surface area (Å²) in [6.45, 7) is 4.82. The van der Waals surface area contributed by atoms with Crippen LogP contribution < -0.4 is 11.1 Å². The summed E-state index contributed by atoms with van der Waals surface area (Å²) in [5.74, 6) is -0.0157. The highest BCUT2D eigenvalue weighted by atomic mass is 16.2. The Hall–Kier alpha value is -1.10. The van der Waals surface area contributed by atoms with Gasteiger partial charge in [-0.05, 0) is 32.4 Å². The Balaban J connectivity index is 2.17. The van der Waals surface area contributed by atoms with Crippen molar-refractivity contribution in [1.29, 1.82) is 0 Å². The maximum atomic E-state index is 11.9. The fraction of sp³-hybridized carbons (Fsp3) is 0.846. The number of carbonyl (C=O) groups is 2. The van der Waals surface area contributed by atoms with Gasteiger partial charge in [0.1, 0.15) is 0 Å². The molecule has 5 nitrogen and oxygen atoms in total. The molecule has 1 aliphatic rings. The first-order valence-electron chi connectivity index (χ1n) is 6.91. The SMILES string of the molecule is CCCCCNC(=O)C1CCN(CC(N)=O)CC1. The van der Waals surface area contributed by atoms with Gasteiger partial charge in [0.15, 0.2) is 0 Å². The zero-order valence-electron chi connectivity index (χ0n) is 11.3. The Labute approximate surface area is 109 Å². The van der Waals surface area contributed by atoms with Gasteiger partial charge in [0.2, 0.25) is 11.8 Å². The lowest BCUT2D eigenvalue weighted by atomic mass is 9.96. The summed E-state index contributed by atoms with van der Waals surface area (Å²) in [6.07, 6.45) is 5.04. The zero-order chi connectivity index (χ0) is 13.4. The number of hydrogen-bond donors (Lipinski definition) is 2. The predicted octanol–water partition coefficient (Wildman–Crippen LogP) is 0.490. The summed E-state index contributed by atoms with van der Waals surface area (Å²) in [5.41, 5.74) is 5.15. The molecule has 3 N–H and O–H groups in total. The van der Waals surface area contributed by atoms with E-state index in [2.05, 4.69) is 12.2 Å². The van der Waals surface area contributed by atoms with E-state index in [1.165, 1.54) is 6.42 Å².